The van der Waals surface area contributed by atoms with Crippen molar-refractivity contribution in [2.45, 2.75) is 0 Å². The Labute approximate surface area is 292 Å². The molecule has 4 heterocycles. The largest absolute Gasteiger partial charge is 0.450 e. The van der Waals surface area contributed by atoms with Gasteiger partial charge in [-0.15, -0.1) is 0 Å². The van der Waals surface area contributed by atoms with Gasteiger partial charge in [-0.25, -0.2) is 9.97 Å². The Morgan fingerprint density at radius 1 is 0.392 bits per heavy atom. The Morgan fingerprint density at radius 3 is 1.71 bits per heavy atom. The molecule has 238 valence electrons. The van der Waals surface area contributed by atoms with E-state index in [4.69, 9.17) is 14.4 Å². The van der Waals surface area contributed by atoms with Crippen LogP contribution in [0.5, 0.6) is 0 Å². The van der Waals surface area contributed by atoms with Gasteiger partial charge in [0.1, 0.15) is 11.1 Å². The van der Waals surface area contributed by atoms with E-state index in [1.165, 1.54) is 10.8 Å². The summed E-state index contributed by atoms with van der Waals surface area (Å²) in [5.74, 6) is 1.35. The van der Waals surface area contributed by atoms with Crippen LogP contribution in [0.3, 0.4) is 0 Å². The molecule has 0 amide bonds. The lowest BCUT2D eigenvalue weighted by atomic mass is 10.0. The Bertz CT molecular complexity index is 3090. The number of fused-ring (bicyclic) bond motifs is 9. The molecule has 0 bridgehead atoms. The molecule has 0 saturated carbocycles. The third kappa shape index (κ3) is 4.15. The number of aromatic nitrogens is 4. The van der Waals surface area contributed by atoms with Crippen molar-refractivity contribution in [3.8, 4) is 34.0 Å². The fourth-order valence-corrected chi connectivity index (χ4v) is 7.85. The number of hydrogen-bond acceptors (Lipinski definition) is 3. The molecule has 0 aliphatic heterocycles. The van der Waals surface area contributed by atoms with E-state index in [2.05, 4.69) is 161 Å². The molecule has 11 aromatic rings. The van der Waals surface area contributed by atoms with E-state index in [9.17, 15) is 0 Å². The van der Waals surface area contributed by atoms with Crippen LogP contribution < -0.4 is 0 Å². The van der Waals surface area contributed by atoms with Gasteiger partial charge in [-0.1, -0.05) is 121 Å². The van der Waals surface area contributed by atoms with Crippen LogP contribution in [-0.4, -0.2) is 19.1 Å². The van der Waals surface area contributed by atoms with Crippen LogP contribution in [0.1, 0.15) is 0 Å². The van der Waals surface area contributed by atoms with E-state index >= 15 is 0 Å². The summed E-state index contributed by atoms with van der Waals surface area (Å²) in [5.41, 5.74) is 10.9. The zero-order valence-electron chi connectivity index (χ0n) is 27.4. The molecular formula is C46H28N4O. The SMILES string of the molecule is c1ccc(-c2ccc3c4ccccc4n(-c4nc(-c5cccc(-n6c7ccccc7c7ccccc76)c5)nc5c4oc4ccccc45)c3c2)cc1. The van der Waals surface area contributed by atoms with Crippen LogP contribution in [0, 0.1) is 0 Å². The first-order valence-corrected chi connectivity index (χ1v) is 17.2. The van der Waals surface area contributed by atoms with Gasteiger partial charge >= 0.3 is 0 Å². The average Bonchev–Trinajstić information content (AvgIpc) is 3.86. The second kappa shape index (κ2) is 10.8. The monoisotopic (exact) mass is 652 g/mol. The first-order chi connectivity index (χ1) is 25.3. The van der Waals surface area contributed by atoms with Gasteiger partial charge in [-0.3, -0.25) is 4.57 Å². The molecule has 7 aromatic carbocycles. The van der Waals surface area contributed by atoms with Crippen LogP contribution in [0.15, 0.2) is 174 Å². The van der Waals surface area contributed by atoms with Gasteiger partial charge in [0, 0.05) is 38.2 Å². The molecule has 5 heteroatoms. The van der Waals surface area contributed by atoms with Crippen molar-refractivity contribution >= 4 is 65.7 Å². The highest BCUT2D eigenvalue weighted by Crippen LogP contribution is 2.39. The summed E-state index contributed by atoms with van der Waals surface area (Å²) < 4.78 is 11.2. The fraction of sp³-hybridized carbons (Fsp3) is 0. The number of hydrogen-bond donors (Lipinski definition) is 0. The van der Waals surface area contributed by atoms with Crippen molar-refractivity contribution in [3.63, 3.8) is 0 Å². The normalized spacial score (nSPS) is 11.9. The van der Waals surface area contributed by atoms with Crippen LogP contribution >= 0.6 is 0 Å². The Balaban J connectivity index is 1.20. The summed E-state index contributed by atoms with van der Waals surface area (Å²) >= 11 is 0. The zero-order chi connectivity index (χ0) is 33.5. The van der Waals surface area contributed by atoms with Crippen LogP contribution in [0.2, 0.25) is 0 Å². The van der Waals surface area contributed by atoms with Gasteiger partial charge in [0.15, 0.2) is 17.2 Å². The third-order valence-corrected chi connectivity index (χ3v) is 10.1. The van der Waals surface area contributed by atoms with Gasteiger partial charge in [0.05, 0.1) is 22.1 Å². The summed E-state index contributed by atoms with van der Waals surface area (Å²) in [6, 6.07) is 59.6. The molecule has 5 nitrogen and oxygen atoms in total. The van der Waals surface area contributed by atoms with Gasteiger partial charge in [-0.2, -0.15) is 0 Å². The Kier molecular flexibility index (Phi) is 5.89. The summed E-state index contributed by atoms with van der Waals surface area (Å²) in [4.78, 5) is 10.7. The fourth-order valence-electron chi connectivity index (χ4n) is 7.85. The highest BCUT2D eigenvalue weighted by Gasteiger charge is 2.22. The maximum atomic E-state index is 6.64. The third-order valence-electron chi connectivity index (χ3n) is 10.1. The van der Waals surface area contributed by atoms with Crippen molar-refractivity contribution in [2.75, 3.05) is 0 Å². The van der Waals surface area contributed by atoms with Gasteiger partial charge in [0.2, 0.25) is 0 Å². The second-order valence-corrected chi connectivity index (χ2v) is 13.0. The molecule has 0 aliphatic carbocycles. The number of furan rings is 1. The molecule has 0 atom stereocenters. The van der Waals surface area contributed by atoms with Crippen LogP contribution in [0.25, 0.3) is 99.7 Å². The summed E-state index contributed by atoms with van der Waals surface area (Å²) in [6.45, 7) is 0. The molecule has 0 aliphatic rings. The number of para-hydroxylation sites is 4. The predicted octanol–water partition coefficient (Wildman–Crippen LogP) is 11.9. The second-order valence-electron chi connectivity index (χ2n) is 13.0. The molecule has 0 saturated heterocycles. The van der Waals surface area contributed by atoms with Gasteiger partial charge < -0.3 is 8.98 Å². The maximum absolute atomic E-state index is 6.64. The predicted molar refractivity (Wildman–Crippen MR) is 209 cm³/mol. The molecule has 51 heavy (non-hydrogen) atoms. The summed E-state index contributed by atoms with van der Waals surface area (Å²) in [6.07, 6.45) is 0. The van der Waals surface area contributed by atoms with Crippen LogP contribution in [0.4, 0.5) is 0 Å². The summed E-state index contributed by atoms with van der Waals surface area (Å²) in [7, 11) is 0. The quantitative estimate of drug-likeness (QED) is 0.190. The lowest BCUT2D eigenvalue weighted by molar-refractivity contribution is 0.662. The highest BCUT2D eigenvalue weighted by molar-refractivity contribution is 6.13. The van der Waals surface area contributed by atoms with Crippen molar-refractivity contribution in [3.05, 3.63) is 170 Å². The van der Waals surface area contributed by atoms with Crippen LogP contribution in [-0.2, 0) is 0 Å². The average molecular weight is 653 g/mol. The van der Waals surface area contributed by atoms with Crippen molar-refractivity contribution in [1.82, 2.24) is 19.1 Å². The Morgan fingerprint density at radius 2 is 0.980 bits per heavy atom. The van der Waals surface area contributed by atoms with E-state index in [0.717, 1.165) is 71.7 Å². The van der Waals surface area contributed by atoms with E-state index < -0.39 is 0 Å². The van der Waals surface area contributed by atoms with Gasteiger partial charge in [-0.05, 0) is 59.7 Å². The molecule has 0 N–H and O–H groups in total. The highest BCUT2D eigenvalue weighted by atomic mass is 16.3. The topological polar surface area (TPSA) is 48.8 Å². The smallest absolute Gasteiger partial charge is 0.197 e. The molecule has 0 unspecified atom stereocenters. The Hall–Kier alpha value is -6.98. The summed E-state index contributed by atoms with van der Waals surface area (Å²) in [5, 5.41) is 5.73. The molecule has 4 aromatic heterocycles. The molecule has 0 spiro atoms. The van der Waals surface area contributed by atoms with Crippen molar-refractivity contribution in [1.29, 1.82) is 0 Å². The minimum absolute atomic E-state index is 0.636. The minimum Gasteiger partial charge on any atom is -0.450 e. The zero-order valence-corrected chi connectivity index (χ0v) is 27.4. The van der Waals surface area contributed by atoms with E-state index in [0.29, 0.717) is 17.2 Å². The molecule has 11 rings (SSSR count). The maximum Gasteiger partial charge on any atom is 0.197 e. The van der Waals surface area contributed by atoms with E-state index in [1.807, 2.05) is 18.2 Å². The lowest BCUT2D eigenvalue weighted by Crippen LogP contribution is -2.02. The standard InChI is InChI=1S/C46H28N4O/c1-2-13-29(14-3-1)30-25-26-36-35-19-6-10-23-40(35)50(41(36)28-30)46-44-43(37-20-7-11-24-42(37)51-44)47-45(48-46)31-15-12-16-32(27-31)49-38-21-8-4-17-33(38)34-18-5-9-22-39(34)49/h1-28H. The van der Waals surface area contributed by atoms with E-state index in [-0.39, 0.29) is 0 Å². The lowest BCUT2D eigenvalue weighted by Gasteiger charge is -2.12. The molecular weight excluding hydrogens is 625 g/mol. The van der Waals surface area contributed by atoms with E-state index in [1.54, 1.807) is 0 Å². The number of nitrogens with zero attached hydrogens (tertiary/aromatic N) is 4. The van der Waals surface area contributed by atoms with Crippen molar-refractivity contribution in [2.24, 2.45) is 0 Å². The minimum atomic E-state index is 0.636. The first kappa shape index (κ1) is 27.9. The van der Waals surface area contributed by atoms with Gasteiger partial charge in [0.25, 0.3) is 0 Å². The molecule has 0 radical (unpaired) electrons. The van der Waals surface area contributed by atoms with Crippen molar-refractivity contribution < 1.29 is 4.42 Å². The number of benzene rings is 7. The number of rotatable bonds is 4. The molecule has 0 fully saturated rings. The first-order valence-electron chi connectivity index (χ1n) is 17.2.